The molecule has 0 aromatic carbocycles. The zero-order valence-electron chi connectivity index (χ0n) is 11.2. The van der Waals surface area contributed by atoms with Crippen LogP contribution in [-0.4, -0.2) is 13.3 Å². The van der Waals surface area contributed by atoms with E-state index >= 15 is 0 Å². The van der Waals surface area contributed by atoms with Gasteiger partial charge in [-0.3, -0.25) is 0 Å². The van der Waals surface area contributed by atoms with Crippen molar-refractivity contribution in [3.8, 4) is 0 Å². The molecule has 0 aliphatic carbocycles. The molecular formula is C12H21ClN2OSi. The van der Waals surface area contributed by atoms with E-state index in [1.807, 2.05) is 0 Å². The van der Waals surface area contributed by atoms with Crippen LogP contribution in [0.15, 0.2) is 12.1 Å². The summed E-state index contributed by atoms with van der Waals surface area (Å²) in [6.07, 6.45) is 0. The third-order valence-corrected chi connectivity index (χ3v) is 7.95. The number of rotatable bonds is 3. The molecular weight excluding hydrogens is 252 g/mol. The molecule has 0 aliphatic rings. The fourth-order valence-electron chi connectivity index (χ4n) is 1.14. The standard InChI is InChI=1S/C12H21ClN2OSi/c1-12(2,3)17(4,5)16-8-9-6-10(13)15-11(14)7-9/h6-7H,8H2,1-5H3,(H2,14,15). The lowest BCUT2D eigenvalue weighted by Crippen LogP contribution is -2.40. The van der Waals surface area contributed by atoms with Crippen molar-refractivity contribution >= 4 is 25.7 Å². The van der Waals surface area contributed by atoms with E-state index in [2.05, 4.69) is 38.8 Å². The Balaban J connectivity index is 2.74. The first-order chi connectivity index (χ1) is 7.62. The predicted molar refractivity (Wildman–Crippen MR) is 75.6 cm³/mol. The molecule has 0 unspecified atom stereocenters. The molecule has 1 rings (SSSR count). The number of nitrogens with two attached hydrogens (primary N) is 1. The van der Waals surface area contributed by atoms with E-state index in [0.717, 1.165) is 5.56 Å². The van der Waals surface area contributed by atoms with Crippen LogP contribution in [0.3, 0.4) is 0 Å². The summed E-state index contributed by atoms with van der Waals surface area (Å²) in [5.74, 6) is 0.436. The van der Waals surface area contributed by atoms with Crippen molar-refractivity contribution in [1.29, 1.82) is 0 Å². The fourth-order valence-corrected chi connectivity index (χ4v) is 2.33. The molecule has 5 heteroatoms. The van der Waals surface area contributed by atoms with Gasteiger partial charge < -0.3 is 10.2 Å². The van der Waals surface area contributed by atoms with Gasteiger partial charge in [0.25, 0.3) is 0 Å². The highest BCUT2D eigenvalue weighted by atomic mass is 35.5. The van der Waals surface area contributed by atoms with Crippen molar-refractivity contribution in [2.24, 2.45) is 0 Å². The van der Waals surface area contributed by atoms with Crippen LogP contribution >= 0.6 is 11.6 Å². The summed E-state index contributed by atoms with van der Waals surface area (Å²) < 4.78 is 6.09. The Hall–Kier alpha value is -0.583. The third kappa shape index (κ3) is 3.98. The molecule has 1 heterocycles. The van der Waals surface area contributed by atoms with E-state index in [0.29, 0.717) is 17.6 Å². The minimum absolute atomic E-state index is 0.204. The summed E-state index contributed by atoms with van der Waals surface area (Å²) in [6, 6.07) is 3.60. The van der Waals surface area contributed by atoms with Gasteiger partial charge in [0.1, 0.15) is 11.0 Å². The molecule has 0 spiro atoms. The van der Waals surface area contributed by atoms with Crippen molar-refractivity contribution in [2.45, 2.75) is 45.5 Å². The molecule has 0 aliphatic heterocycles. The minimum Gasteiger partial charge on any atom is -0.413 e. The lowest BCUT2D eigenvalue weighted by atomic mass is 10.2. The van der Waals surface area contributed by atoms with E-state index in [4.69, 9.17) is 21.8 Å². The Kier molecular flexibility index (Phi) is 4.22. The second-order valence-electron chi connectivity index (χ2n) is 5.77. The van der Waals surface area contributed by atoms with Gasteiger partial charge >= 0.3 is 0 Å². The van der Waals surface area contributed by atoms with Crippen LogP contribution in [0.2, 0.25) is 23.3 Å². The van der Waals surface area contributed by atoms with E-state index in [9.17, 15) is 0 Å². The first-order valence-electron chi connectivity index (χ1n) is 5.68. The molecule has 0 atom stereocenters. The summed E-state index contributed by atoms with van der Waals surface area (Å²) in [6.45, 7) is 11.6. The summed E-state index contributed by atoms with van der Waals surface area (Å²) in [7, 11) is -1.73. The van der Waals surface area contributed by atoms with Gasteiger partial charge in [0.15, 0.2) is 8.32 Å². The van der Waals surface area contributed by atoms with Crippen LogP contribution in [0.5, 0.6) is 0 Å². The predicted octanol–water partition coefficient (Wildman–Crippen LogP) is 3.84. The molecule has 2 N–H and O–H groups in total. The maximum absolute atomic E-state index is 6.09. The van der Waals surface area contributed by atoms with E-state index in [1.54, 1.807) is 12.1 Å². The molecule has 96 valence electrons. The lowest BCUT2D eigenvalue weighted by Gasteiger charge is -2.36. The first-order valence-corrected chi connectivity index (χ1v) is 8.96. The van der Waals surface area contributed by atoms with Gasteiger partial charge in [0, 0.05) is 0 Å². The van der Waals surface area contributed by atoms with Crippen molar-refractivity contribution in [1.82, 2.24) is 4.98 Å². The summed E-state index contributed by atoms with van der Waals surface area (Å²) in [5.41, 5.74) is 6.62. The van der Waals surface area contributed by atoms with Crippen molar-refractivity contribution in [3.63, 3.8) is 0 Å². The average Bonchev–Trinajstić information content (AvgIpc) is 2.11. The Labute approximate surface area is 109 Å². The SMILES string of the molecule is CC(C)(C)[Si](C)(C)OCc1cc(N)nc(Cl)c1. The van der Waals surface area contributed by atoms with Crippen LogP contribution in [0, 0.1) is 0 Å². The number of nitrogen functional groups attached to an aromatic ring is 1. The van der Waals surface area contributed by atoms with Crippen LogP contribution in [0.25, 0.3) is 0 Å². The lowest BCUT2D eigenvalue weighted by molar-refractivity contribution is 0.276. The monoisotopic (exact) mass is 272 g/mol. The van der Waals surface area contributed by atoms with Gasteiger partial charge in [-0.2, -0.15) is 0 Å². The van der Waals surface area contributed by atoms with Crippen LogP contribution in [0.1, 0.15) is 26.3 Å². The van der Waals surface area contributed by atoms with Gasteiger partial charge in [-0.05, 0) is 35.8 Å². The second kappa shape index (κ2) is 4.96. The van der Waals surface area contributed by atoms with Crippen molar-refractivity contribution in [2.75, 3.05) is 5.73 Å². The molecule has 1 aromatic rings. The molecule has 17 heavy (non-hydrogen) atoms. The number of anilines is 1. The summed E-state index contributed by atoms with van der Waals surface area (Å²) >= 11 is 5.85. The molecule has 0 amide bonds. The minimum atomic E-state index is -1.73. The number of hydrogen-bond donors (Lipinski definition) is 1. The molecule has 0 fully saturated rings. The molecule has 0 saturated carbocycles. The van der Waals surface area contributed by atoms with Gasteiger partial charge in [-0.1, -0.05) is 32.4 Å². The van der Waals surface area contributed by atoms with Gasteiger partial charge in [0.05, 0.1) is 6.61 Å². The molecule has 0 saturated heterocycles. The molecule has 1 aromatic heterocycles. The molecule has 3 nitrogen and oxygen atoms in total. The fraction of sp³-hybridized carbons (Fsp3) is 0.583. The summed E-state index contributed by atoms with van der Waals surface area (Å²) in [4.78, 5) is 3.93. The van der Waals surface area contributed by atoms with Crippen LogP contribution < -0.4 is 5.73 Å². The number of hydrogen-bond acceptors (Lipinski definition) is 3. The highest BCUT2D eigenvalue weighted by molar-refractivity contribution is 6.74. The Morgan fingerprint density at radius 2 is 1.94 bits per heavy atom. The normalized spacial score (nSPS) is 12.8. The van der Waals surface area contributed by atoms with Gasteiger partial charge in [-0.25, -0.2) is 4.98 Å². The van der Waals surface area contributed by atoms with Crippen molar-refractivity contribution in [3.05, 3.63) is 22.8 Å². The first kappa shape index (κ1) is 14.5. The van der Waals surface area contributed by atoms with Crippen LogP contribution in [-0.2, 0) is 11.0 Å². The Morgan fingerprint density at radius 1 is 1.35 bits per heavy atom. The van der Waals surface area contributed by atoms with Gasteiger partial charge in [0.2, 0.25) is 0 Å². The quantitative estimate of drug-likeness (QED) is 0.672. The van der Waals surface area contributed by atoms with E-state index < -0.39 is 8.32 Å². The Morgan fingerprint density at radius 3 is 2.41 bits per heavy atom. The maximum Gasteiger partial charge on any atom is 0.192 e. The molecule has 0 bridgehead atoms. The number of halogens is 1. The maximum atomic E-state index is 6.09. The topological polar surface area (TPSA) is 48.1 Å². The van der Waals surface area contributed by atoms with E-state index in [1.165, 1.54) is 0 Å². The third-order valence-electron chi connectivity index (χ3n) is 3.28. The van der Waals surface area contributed by atoms with Crippen LogP contribution in [0.4, 0.5) is 5.82 Å². The zero-order chi connectivity index (χ0) is 13.3. The highest BCUT2D eigenvalue weighted by Crippen LogP contribution is 2.37. The number of nitrogens with zero attached hydrogens (tertiary/aromatic N) is 1. The largest absolute Gasteiger partial charge is 0.413 e. The second-order valence-corrected chi connectivity index (χ2v) is 11.0. The van der Waals surface area contributed by atoms with Gasteiger partial charge in [-0.15, -0.1) is 0 Å². The van der Waals surface area contributed by atoms with E-state index in [-0.39, 0.29) is 5.04 Å². The number of aromatic nitrogens is 1. The average molecular weight is 273 g/mol. The Bertz CT molecular complexity index is 382. The summed E-state index contributed by atoms with van der Waals surface area (Å²) in [5, 5.41) is 0.619. The van der Waals surface area contributed by atoms with Crippen molar-refractivity contribution < 1.29 is 4.43 Å². The number of pyridine rings is 1. The smallest absolute Gasteiger partial charge is 0.192 e. The highest BCUT2D eigenvalue weighted by Gasteiger charge is 2.37. The zero-order valence-corrected chi connectivity index (χ0v) is 12.9. The molecule has 0 radical (unpaired) electrons.